The van der Waals surface area contributed by atoms with E-state index in [1.165, 1.54) is 6.07 Å². The predicted octanol–water partition coefficient (Wildman–Crippen LogP) is 0.571. The third-order valence-electron chi connectivity index (χ3n) is 2.07. The van der Waals surface area contributed by atoms with Crippen LogP contribution in [0, 0.1) is 0 Å². The normalized spacial score (nSPS) is 9.85. The molecule has 0 atom stereocenters. The second kappa shape index (κ2) is 9.40. The van der Waals surface area contributed by atoms with Crippen LogP contribution in [0.25, 0.3) is 0 Å². The standard InChI is InChI=1S/C9H13NO2.C4H4O4/c1-10-5-4-7-2-3-8(11)9(12)6-7;5-3(6)1-2-4(7)8/h2-3,6,10-12H,4-5H2,1H3;1-2H,(H,5,6)(H,7,8)/b;2-1-. The van der Waals surface area contributed by atoms with Crippen molar-refractivity contribution in [2.45, 2.75) is 6.42 Å². The summed E-state index contributed by atoms with van der Waals surface area (Å²) in [4.78, 5) is 19.1. The van der Waals surface area contributed by atoms with Gasteiger partial charge in [0.2, 0.25) is 0 Å². The Hall–Kier alpha value is -2.54. The highest BCUT2D eigenvalue weighted by molar-refractivity contribution is 5.89. The van der Waals surface area contributed by atoms with E-state index in [1.54, 1.807) is 12.1 Å². The largest absolute Gasteiger partial charge is 0.504 e. The van der Waals surface area contributed by atoms with Crippen LogP contribution in [0.2, 0.25) is 0 Å². The number of phenolic OH excluding ortho intramolecular Hbond substituents is 2. The van der Waals surface area contributed by atoms with Gasteiger partial charge in [-0.15, -0.1) is 0 Å². The summed E-state index contributed by atoms with van der Waals surface area (Å²) in [6.07, 6.45) is 1.97. The fraction of sp³-hybridized carbons (Fsp3) is 0.231. The lowest BCUT2D eigenvalue weighted by molar-refractivity contribution is -0.134. The summed E-state index contributed by atoms with van der Waals surface area (Å²) in [5.74, 6) is -2.63. The van der Waals surface area contributed by atoms with E-state index in [1.807, 2.05) is 7.05 Å². The molecule has 0 fully saturated rings. The number of carboxylic acids is 2. The lowest BCUT2D eigenvalue weighted by Gasteiger charge is -2.02. The van der Waals surface area contributed by atoms with Crippen molar-refractivity contribution in [1.29, 1.82) is 0 Å². The van der Waals surface area contributed by atoms with Gasteiger partial charge in [0, 0.05) is 12.2 Å². The van der Waals surface area contributed by atoms with Crippen LogP contribution < -0.4 is 5.32 Å². The van der Waals surface area contributed by atoms with Gasteiger partial charge in [-0.2, -0.15) is 0 Å². The van der Waals surface area contributed by atoms with E-state index in [-0.39, 0.29) is 11.5 Å². The molecule has 1 aromatic rings. The van der Waals surface area contributed by atoms with Gasteiger partial charge in [0.15, 0.2) is 11.5 Å². The van der Waals surface area contributed by atoms with Crippen molar-refractivity contribution in [2.24, 2.45) is 0 Å². The number of hydrogen-bond donors (Lipinski definition) is 5. The molecular formula is C13H17NO6. The van der Waals surface area contributed by atoms with Crippen LogP contribution in [0.3, 0.4) is 0 Å². The van der Waals surface area contributed by atoms with Crippen molar-refractivity contribution in [3.8, 4) is 11.5 Å². The number of carbonyl (C=O) groups is 2. The number of aromatic hydroxyl groups is 2. The van der Waals surface area contributed by atoms with Crippen LogP contribution >= 0.6 is 0 Å². The van der Waals surface area contributed by atoms with Gasteiger partial charge in [0.1, 0.15) is 0 Å². The number of phenols is 2. The second-order valence-electron chi connectivity index (χ2n) is 3.69. The molecule has 20 heavy (non-hydrogen) atoms. The van der Waals surface area contributed by atoms with Gasteiger partial charge in [-0.25, -0.2) is 9.59 Å². The Morgan fingerprint density at radius 1 is 1.10 bits per heavy atom. The van der Waals surface area contributed by atoms with Gasteiger partial charge >= 0.3 is 11.9 Å². The number of rotatable bonds is 5. The topological polar surface area (TPSA) is 127 Å². The molecule has 7 heteroatoms. The maximum Gasteiger partial charge on any atom is 0.328 e. The Morgan fingerprint density at radius 2 is 1.65 bits per heavy atom. The highest BCUT2D eigenvalue weighted by Gasteiger charge is 1.99. The highest BCUT2D eigenvalue weighted by Crippen LogP contribution is 2.24. The van der Waals surface area contributed by atoms with Gasteiger partial charge in [0.25, 0.3) is 0 Å². The van der Waals surface area contributed by atoms with E-state index in [0.717, 1.165) is 18.5 Å². The van der Waals surface area contributed by atoms with Crippen LogP contribution in [0.5, 0.6) is 11.5 Å². The highest BCUT2D eigenvalue weighted by atomic mass is 16.4. The number of hydrogen-bond acceptors (Lipinski definition) is 5. The van der Waals surface area contributed by atoms with E-state index in [0.29, 0.717) is 12.2 Å². The molecule has 0 spiro atoms. The molecule has 0 saturated carbocycles. The second-order valence-corrected chi connectivity index (χ2v) is 3.69. The molecule has 0 aliphatic rings. The molecule has 0 unspecified atom stereocenters. The minimum atomic E-state index is -1.26. The van der Waals surface area contributed by atoms with Crippen LogP contribution in [0.4, 0.5) is 0 Å². The Balaban J connectivity index is 0.000000396. The van der Waals surface area contributed by atoms with Crippen molar-refractivity contribution in [3.05, 3.63) is 35.9 Å². The molecule has 0 aliphatic carbocycles. The smallest absolute Gasteiger partial charge is 0.328 e. The Kier molecular flexibility index (Phi) is 8.20. The molecule has 0 bridgehead atoms. The summed E-state index contributed by atoms with van der Waals surface area (Å²) in [6.45, 7) is 0.865. The van der Waals surface area contributed by atoms with Crippen LogP contribution in [-0.2, 0) is 16.0 Å². The fourth-order valence-electron chi connectivity index (χ4n) is 1.14. The van der Waals surface area contributed by atoms with Gasteiger partial charge < -0.3 is 25.7 Å². The van der Waals surface area contributed by atoms with Gasteiger partial charge in [-0.1, -0.05) is 6.07 Å². The summed E-state index contributed by atoms with van der Waals surface area (Å²) in [5, 5.41) is 36.8. The van der Waals surface area contributed by atoms with Crippen molar-refractivity contribution >= 4 is 11.9 Å². The number of carboxylic acid groups (broad SMARTS) is 2. The van der Waals surface area contributed by atoms with E-state index < -0.39 is 11.9 Å². The van der Waals surface area contributed by atoms with Gasteiger partial charge in [0.05, 0.1) is 0 Å². The molecule has 0 aliphatic heterocycles. The monoisotopic (exact) mass is 283 g/mol. The first-order valence-electron chi connectivity index (χ1n) is 5.66. The lowest BCUT2D eigenvalue weighted by Crippen LogP contribution is -2.09. The van der Waals surface area contributed by atoms with Crippen LogP contribution in [0.15, 0.2) is 30.4 Å². The number of nitrogens with one attached hydrogen (secondary N) is 1. The summed E-state index contributed by atoms with van der Waals surface area (Å²) >= 11 is 0. The molecule has 5 N–H and O–H groups in total. The summed E-state index contributed by atoms with van der Waals surface area (Å²) in [6, 6.07) is 4.87. The first-order valence-corrected chi connectivity index (χ1v) is 5.66. The average molecular weight is 283 g/mol. The number of likely N-dealkylation sites (N-methyl/N-ethyl adjacent to an activating group) is 1. The lowest BCUT2D eigenvalue weighted by atomic mass is 10.1. The minimum absolute atomic E-state index is 0.0522. The zero-order chi connectivity index (χ0) is 15.5. The summed E-state index contributed by atoms with van der Waals surface area (Å²) in [7, 11) is 1.88. The number of benzene rings is 1. The zero-order valence-corrected chi connectivity index (χ0v) is 10.9. The quantitative estimate of drug-likeness (QED) is 0.395. The molecule has 0 radical (unpaired) electrons. The fourth-order valence-corrected chi connectivity index (χ4v) is 1.14. The minimum Gasteiger partial charge on any atom is -0.504 e. The summed E-state index contributed by atoms with van der Waals surface area (Å²) in [5.41, 5.74) is 1.01. The molecule has 0 saturated heterocycles. The Labute approximate surface area is 115 Å². The molecule has 0 aromatic heterocycles. The van der Waals surface area contributed by atoms with Gasteiger partial charge in [-0.05, 0) is 37.7 Å². The van der Waals surface area contributed by atoms with Crippen LogP contribution in [-0.4, -0.2) is 46.0 Å². The van der Waals surface area contributed by atoms with Gasteiger partial charge in [-0.3, -0.25) is 0 Å². The SMILES string of the molecule is CNCCc1ccc(O)c(O)c1.O=C(O)/C=C\C(=O)O. The molecular weight excluding hydrogens is 266 g/mol. The maximum atomic E-state index is 9.55. The third-order valence-corrected chi connectivity index (χ3v) is 2.07. The predicted molar refractivity (Wildman–Crippen MR) is 71.8 cm³/mol. The maximum absolute atomic E-state index is 9.55. The van der Waals surface area contributed by atoms with E-state index in [2.05, 4.69) is 5.32 Å². The molecule has 0 amide bonds. The zero-order valence-electron chi connectivity index (χ0n) is 10.9. The average Bonchev–Trinajstić information content (AvgIpc) is 2.38. The first kappa shape index (κ1) is 17.5. The van der Waals surface area contributed by atoms with E-state index >= 15 is 0 Å². The number of aliphatic carboxylic acids is 2. The van der Waals surface area contributed by atoms with E-state index in [9.17, 15) is 9.59 Å². The Bertz CT molecular complexity index is 468. The molecule has 0 heterocycles. The first-order chi connectivity index (χ1) is 9.36. The molecule has 1 rings (SSSR count). The van der Waals surface area contributed by atoms with Crippen molar-refractivity contribution < 1.29 is 30.0 Å². The molecule has 110 valence electrons. The third kappa shape index (κ3) is 8.54. The summed E-state index contributed by atoms with van der Waals surface area (Å²) < 4.78 is 0. The van der Waals surface area contributed by atoms with Crippen molar-refractivity contribution in [1.82, 2.24) is 5.32 Å². The van der Waals surface area contributed by atoms with Crippen molar-refractivity contribution in [2.75, 3.05) is 13.6 Å². The van der Waals surface area contributed by atoms with Crippen molar-refractivity contribution in [3.63, 3.8) is 0 Å². The van der Waals surface area contributed by atoms with E-state index in [4.69, 9.17) is 20.4 Å². The van der Waals surface area contributed by atoms with Crippen LogP contribution in [0.1, 0.15) is 5.56 Å². The Morgan fingerprint density at radius 3 is 2.05 bits per heavy atom. The molecule has 7 nitrogen and oxygen atoms in total. The molecule has 1 aromatic carbocycles.